The highest BCUT2D eigenvalue weighted by atomic mass is 14.4. The summed E-state index contributed by atoms with van der Waals surface area (Å²) >= 11 is 0. The van der Waals surface area contributed by atoms with Gasteiger partial charge in [-0.1, -0.05) is 386 Å². The van der Waals surface area contributed by atoms with Crippen LogP contribution in [0.25, 0.3) is 218 Å². The summed E-state index contributed by atoms with van der Waals surface area (Å²) in [6, 6.07) is 145. The summed E-state index contributed by atoms with van der Waals surface area (Å²) in [6.07, 6.45) is 0. The van der Waals surface area contributed by atoms with E-state index in [1.54, 1.807) is 0 Å². The van der Waals surface area contributed by atoms with Crippen molar-refractivity contribution in [2.75, 3.05) is 0 Å². The Hall–Kier alpha value is -14.0. The second-order valence-corrected chi connectivity index (χ2v) is 32.7. The van der Waals surface area contributed by atoms with Gasteiger partial charge in [0.25, 0.3) is 0 Å². The van der Waals surface area contributed by atoms with E-state index < -0.39 is 0 Å². The third-order valence-electron chi connectivity index (χ3n) is 25.9. The lowest BCUT2D eigenvalue weighted by atomic mass is 9.76. The van der Waals surface area contributed by atoms with Crippen molar-refractivity contribution < 1.29 is 0 Å². The number of rotatable bonds is 6. The van der Waals surface area contributed by atoms with Gasteiger partial charge in [-0.15, -0.1) is 0 Å². The molecule has 0 saturated heterocycles. The highest BCUT2D eigenvalue weighted by Gasteiger charge is 2.42. The van der Waals surface area contributed by atoms with E-state index in [1.165, 1.54) is 241 Å². The molecule has 0 spiro atoms. The minimum atomic E-state index is -0.210. The van der Waals surface area contributed by atoms with Crippen LogP contribution in [0.5, 0.6) is 0 Å². The zero-order valence-electron chi connectivity index (χ0n) is 64.0. The summed E-state index contributed by atoms with van der Waals surface area (Å²) in [5.74, 6) is 0. The molecular weight excluding hydrogens is 1370 g/mol. The maximum atomic E-state index is 2.45. The zero-order valence-corrected chi connectivity index (χ0v) is 64.0. The molecule has 0 radical (unpaired) electrons. The van der Waals surface area contributed by atoms with Crippen LogP contribution in [-0.2, 0) is 10.8 Å². The van der Waals surface area contributed by atoms with Gasteiger partial charge >= 0.3 is 0 Å². The van der Waals surface area contributed by atoms with E-state index in [1.807, 2.05) is 0 Å². The van der Waals surface area contributed by atoms with Gasteiger partial charge in [-0.25, -0.2) is 0 Å². The van der Waals surface area contributed by atoms with Crippen molar-refractivity contribution in [3.8, 4) is 89.0 Å². The molecule has 22 aromatic carbocycles. The van der Waals surface area contributed by atoms with E-state index in [2.05, 4.69) is 416 Å². The van der Waals surface area contributed by atoms with Crippen molar-refractivity contribution in [2.45, 2.75) is 38.5 Å². The van der Waals surface area contributed by atoms with Gasteiger partial charge in [-0.2, -0.15) is 0 Å². The molecule has 0 atom stereocenters. The Kier molecular flexibility index (Phi) is 14.6. The molecule has 2 aliphatic rings. The predicted molar refractivity (Wildman–Crippen MR) is 491 cm³/mol. The minimum absolute atomic E-state index is 0.193. The van der Waals surface area contributed by atoms with Gasteiger partial charge in [-0.3, -0.25) is 0 Å². The van der Waals surface area contributed by atoms with E-state index in [4.69, 9.17) is 0 Å². The lowest BCUT2D eigenvalue weighted by molar-refractivity contribution is 0.668. The Morgan fingerprint density at radius 1 is 0.132 bits per heavy atom. The summed E-state index contributed by atoms with van der Waals surface area (Å²) in [5.41, 5.74) is 26.0. The van der Waals surface area contributed by atoms with Crippen molar-refractivity contribution in [3.05, 3.63) is 411 Å². The van der Waals surface area contributed by atoms with Gasteiger partial charge < -0.3 is 0 Å². The second kappa shape index (κ2) is 25.2. The fourth-order valence-electron chi connectivity index (χ4n) is 21.2. The van der Waals surface area contributed by atoms with Crippen molar-refractivity contribution in [1.82, 2.24) is 0 Å². The molecule has 0 fully saturated rings. The Bertz CT molecular complexity index is 7800. The first-order valence-corrected chi connectivity index (χ1v) is 40.2. The van der Waals surface area contributed by atoms with Gasteiger partial charge in [-0.05, 0) is 271 Å². The van der Waals surface area contributed by atoms with Gasteiger partial charge in [0.05, 0.1) is 0 Å². The third kappa shape index (κ3) is 9.71. The molecule has 0 aromatic heterocycles. The van der Waals surface area contributed by atoms with Crippen LogP contribution in [0.15, 0.2) is 388 Å². The molecule has 24 rings (SSSR count). The van der Waals surface area contributed by atoms with Gasteiger partial charge in [0.2, 0.25) is 0 Å². The lowest BCUT2D eigenvalue weighted by Crippen LogP contribution is -2.17. The topological polar surface area (TPSA) is 0 Å². The Labute approximate surface area is 662 Å². The molecule has 0 N–H and O–H groups in total. The third-order valence-corrected chi connectivity index (χ3v) is 25.9. The molecular formula is C114H76. The Morgan fingerprint density at radius 2 is 0.412 bits per heavy atom. The maximum absolute atomic E-state index is 2.45. The minimum Gasteiger partial charge on any atom is -0.0616 e. The Morgan fingerprint density at radius 3 is 0.851 bits per heavy atom. The maximum Gasteiger partial charge on any atom is 0.0171 e. The van der Waals surface area contributed by atoms with E-state index in [0.717, 1.165) is 0 Å². The second-order valence-electron chi connectivity index (χ2n) is 32.7. The summed E-state index contributed by atoms with van der Waals surface area (Å²) in [4.78, 5) is 0. The van der Waals surface area contributed by atoms with E-state index >= 15 is 0 Å². The van der Waals surface area contributed by atoms with Crippen molar-refractivity contribution in [2.24, 2.45) is 0 Å². The van der Waals surface area contributed by atoms with Crippen LogP contribution < -0.4 is 0 Å². The van der Waals surface area contributed by atoms with Gasteiger partial charge in [0.1, 0.15) is 0 Å². The number of fused-ring (bicyclic) bond motifs is 25. The molecule has 532 valence electrons. The molecule has 0 saturated carbocycles. The quantitative estimate of drug-likeness (QED) is 0.115. The van der Waals surface area contributed by atoms with E-state index in [-0.39, 0.29) is 10.8 Å². The predicted octanol–water partition coefficient (Wildman–Crippen LogP) is 31.8. The fraction of sp³-hybridized carbons (Fsp3) is 0.0526. The Balaban J connectivity index is 0.000000137. The fourth-order valence-corrected chi connectivity index (χ4v) is 21.2. The molecule has 0 bridgehead atoms. The standard InChI is InChI=1S/C61H40.C53H36/c1-61(2)59-42(28-14-31-54(59)58-48-22-7-5-20-43(48)44-21-6-12-27-53(44)60(58)61)39-18-13-19-41(35-39)56-49-23-8-10-25-51(49)57(52-26-11-9-24-50(52)56)47-30-15-29-45-46(47)33-32-40-34-37-16-3-4-17-38(37)36-55(40)45;1-53(2)51-38(27-14-28-47(51)50-41-21-7-5-19-39(41)40-20-6-12-26-46(40)52(50)53)35-17-13-18-36(32-35)48-42-22-8-10-24-44(42)49(45-25-11-9-23-43(45)48)37-30-29-33-15-3-4-16-34(33)31-37/h3-36H,1-2H3;3-32H,1-2H3. The number of hydrogen-bond acceptors (Lipinski definition) is 0. The molecule has 22 aromatic rings. The van der Waals surface area contributed by atoms with Crippen LogP contribution in [0.3, 0.4) is 0 Å². The highest BCUT2D eigenvalue weighted by Crippen LogP contribution is 2.60. The van der Waals surface area contributed by atoms with Crippen molar-refractivity contribution in [3.63, 3.8) is 0 Å². The van der Waals surface area contributed by atoms with Crippen LogP contribution in [0, 0.1) is 0 Å². The zero-order chi connectivity index (χ0) is 75.7. The average molecular weight is 1450 g/mol. The van der Waals surface area contributed by atoms with E-state index in [9.17, 15) is 0 Å². The molecule has 0 aliphatic heterocycles. The van der Waals surface area contributed by atoms with Gasteiger partial charge in [0, 0.05) is 10.8 Å². The molecule has 0 heteroatoms. The summed E-state index contributed by atoms with van der Waals surface area (Å²) < 4.78 is 0. The monoisotopic (exact) mass is 1440 g/mol. The van der Waals surface area contributed by atoms with Crippen molar-refractivity contribution in [1.29, 1.82) is 0 Å². The van der Waals surface area contributed by atoms with Crippen LogP contribution in [-0.4, -0.2) is 0 Å². The normalized spacial score (nSPS) is 13.2. The molecule has 0 amide bonds. The van der Waals surface area contributed by atoms with Crippen molar-refractivity contribution >= 4 is 129 Å². The van der Waals surface area contributed by atoms with Crippen LogP contribution in [0.1, 0.15) is 49.9 Å². The van der Waals surface area contributed by atoms with Crippen LogP contribution >= 0.6 is 0 Å². The number of hydrogen-bond donors (Lipinski definition) is 0. The largest absolute Gasteiger partial charge is 0.0616 e. The molecule has 2 aliphatic carbocycles. The van der Waals surface area contributed by atoms with E-state index in [0.29, 0.717) is 0 Å². The molecule has 0 unspecified atom stereocenters. The first-order chi connectivity index (χ1) is 56.1. The lowest BCUT2D eigenvalue weighted by Gasteiger charge is -2.26. The van der Waals surface area contributed by atoms with Crippen LogP contribution in [0.4, 0.5) is 0 Å². The average Bonchev–Trinajstić information content (AvgIpc) is 1.52. The summed E-state index contributed by atoms with van der Waals surface area (Å²) in [5, 5.41) is 31.0. The highest BCUT2D eigenvalue weighted by molar-refractivity contribution is 6.27. The molecule has 0 heterocycles. The number of benzene rings is 22. The molecule has 0 nitrogen and oxygen atoms in total. The first-order valence-electron chi connectivity index (χ1n) is 40.2. The SMILES string of the molecule is CC1(C)c2c(-c3cccc(-c4c5ccccc5c(-c5ccc6ccccc6c5)c5ccccc45)c3)cccc2-c2c1c1ccccc1c1ccccc21.CC1(C)c2c(-c3cccc(-c4c5ccccc5c(-c5cccc6c5ccc5cc7ccccc7cc56)c5ccccc45)c3)cccc2-c2c1c1ccccc1c1ccccc21. The summed E-state index contributed by atoms with van der Waals surface area (Å²) in [6.45, 7) is 9.73. The van der Waals surface area contributed by atoms with Crippen LogP contribution in [0.2, 0.25) is 0 Å². The first kappa shape index (κ1) is 65.8. The molecule has 114 heavy (non-hydrogen) atoms. The van der Waals surface area contributed by atoms with Gasteiger partial charge in [0.15, 0.2) is 0 Å². The summed E-state index contributed by atoms with van der Waals surface area (Å²) in [7, 11) is 0. The smallest absolute Gasteiger partial charge is 0.0171 e.